The number of hydrogen-bond acceptors (Lipinski definition) is 5. The van der Waals surface area contributed by atoms with E-state index < -0.39 is 17.2 Å². The van der Waals surface area contributed by atoms with E-state index in [0.29, 0.717) is 38.8 Å². The lowest BCUT2D eigenvalue weighted by Crippen LogP contribution is -2.48. The number of nitrogens with one attached hydrogen (secondary N) is 2. The molecule has 9 heteroatoms. The molecule has 0 saturated carbocycles. The summed E-state index contributed by atoms with van der Waals surface area (Å²) in [5, 5.41) is 16.8. The summed E-state index contributed by atoms with van der Waals surface area (Å²) >= 11 is 0. The molecule has 0 aromatic heterocycles. The first kappa shape index (κ1) is 22.3. The number of guanidine groups is 1. The van der Waals surface area contributed by atoms with Crippen molar-refractivity contribution in [2.75, 3.05) is 59.1 Å². The molecule has 1 heterocycles. The van der Waals surface area contributed by atoms with Gasteiger partial charge in [-0.2, -0.15) is 0 Å². The van der Waals surface area contributed by atoms with Crippen molar-refractivity contribution in [1.29, 1.82) is 0 Å². The molecule has 1 atom stereocenters. The SMILES string of the molecule is CCNC(=NCC(C)(O)CN1CCOCC1)NCCOc1ccc(F)cc1F. The van der Waals surface area contributed by atoms with Gasteiger partial charge in [0.1, 0.15) is 12.4 Å². The number of aliphatic imine (C=N–C) groups is 1. The Kier molecular flexibility index (Phi) is 8.88. The average molecular weight is 400 g/mol. The van der Waals surface area contributed by atoms with E-state index in [4.69, 9.17) is 9.47 Å². The number of halogens is 2. The van der Waals surface area contributed by atoms with Gasteiger partial charge in [0.25, 0.3) is 0 Å². The van der Waals surface area contributed by atoms with Crippen LogP contribution in [0.3, 0.4) is 0 Å². The van der Waals surface area contributed by atoms with E-state index in [9.17, 15) is 13.9 Å². The standard InChI is InChI=1S/C19H30F2N4O3/c1-3-22-18(23-6-9-28-17-5-4-15(20)12-16(17)21)24-13-19(2,26)14-25-7-10-27-11-8-25/h4-5,12,26H,3,6-11,13-14H2,1-2H3,(H2,22,23,24). The molecule has 1 aromatic carbocycles. The summed E-state index contributed by atoms with van der Waals surface area (Å²) in [7, 11) is 0. The molecule has 0 radical (unpaired) electrons. The summed E-state index contributed by atoms with van der Waals surface area (Å²) in [5.41, 5.74) is -0.965. The van der Waals surface area contributed by atoms with E-state index in [1.165, 1.54) is 6.07 Å². The van der Waals surface area contributed by atoms with Gasteiger partial charge in [-0.05, 0) is 26.0 Å². The molecule has 1 aliphatic rings. The van der Waals surface area contributed by atoms with E-state index in [1.54, 1.807) is 6.92 Å². The minimum atomic E-state index is -0.965. The highest BCUT2D eigenvalue weighted by atomic mass is 19.1. The molecule has 0 spiro atoms. The van der Waals surface area contributed by atoms with Crippen molar-refractivity contribution >= 4 is 5.96 Å². The van der Waals surface area contributed by atoms with Crippen molar-refractivity contribution in [3.8, 4) is 5.75 Å². The molecule has 28 heavy (non-hydrogen) atoms. The Balaban J connectivity index is 1.78. The fourth-order valence-electron chi connectivity index (χ4n) is 2.80. The summed E-state index contributed by atoms with van der Waals surface area (Å²) in [5.74, 6) is -0.847. The van der Waals surface area contributed by atoms with Crippen LogP contribution >= 0.6 is 0 Å². The zero-order valence-electron chi connectivity index (χ0n) is 16.5. The summed E-state index contributed by atoms with van der Waals surface area (Å²) < 4.78 is 37.1. The number of morpholine rings is 1. The third kappa shape index (κ3) is 7.95. The lowest BCUT2D eigenvalue weighted by molar-refractivity contribution is -0.0179. The minimum absolute atomic E-state index is 0.00131. The normalized spacial score (nSPS) is 17.8. The highest BCUT2D eigenvalue weighted by Crippen LogP contribution is 2.17. The predicted octanol–water partition coefficient (Wildman–Crippen LogP) is 0.982. The average Bonchev–Trinajstić information content (AvgIpc) is 2.65. The number of hydrogen-bond donors (Lipinski definition) is 3. The summed E-state index contributed by atoms with van der Waals surface area (Å²) in [6, 6.07) is 3.19. The Hall–Kier alpha value is -1.97. The van der Waals surface area contributed by atoms with Gasteiger partial charge in [-0.25, -0.2) is 8.78 Å². The van der Waals surface area contributed by atoms with Gasteiger partial charge in [0.2, 0.25) is 0 Å². The van der Waals surface area contributed by atoms with Gasteiger partial charge in [0, 0.05) is 32.2 Å². The number of nitrogens with zero attached hydrogens (tertiary/aromatic N) is 2. The van der Waals surface area contributed by atoms with Gasteiger partial charge in [-0.1, -0.05) is 0 Å². The Labute approximate surface area is 164 Å². The van der Waals surface area contributed by atoms with Crippen LogP contribution in [-0.2, 0) is 4.74 Å². The van der Waals surface area contributed by atoms with Gasteiger partial charge in [-0.15, -0.1) is 0 Å². The molecule has 7 nitrogen and oxygen atoms in total. The van der Waals surface area contributed by atoms with Crippen LogP contribution in [-0.4, -0.2) is 80.7 Å². The zero-order chi connectivity index (χ0) is 20.4. The molecule has 0 aliphatic carbocycles. The number of ether oxygens (including phenoxy) is 2. The second-order valence-electron chi connectivity index (χ2n) is 6.93. The van der Waals surface area contributed by atoms with Crippen molar-refractivity contribution < 1.29 is 23.4 Å². The molecule has 2 rings (SSSR count). The number of aliphatic hydroxyl groups is 1. The second-order valence-corrected chi connectivity index (χ2v) is 6.93. The number of rotatable bonds is 9. The third-order valence-corrected chi connectivity index (χ3v) is 4.14. The lowest BCUT2D eigenvalue weighted by Gasteiger charge is -2.33. The van der Waals surface area contributed by atoms with Gasteiger partial charge >= 0.3 is 0 Å². The Morgan fingerprint density at radius 3 is 2.75 bits per heavy atom. The van der Waals surface area contributed by atoms with Crippen LogP contribution in [0.25, 0.3) is 0 Å². The minimum Gasteiger partial charge on any atom is -0.489 e. The molecule has 3 N–H and O–H groups in total. The molecule has 1 unspecified atom stereocenters. The molecule has 1 aromatic rings. The summed E-state index contributed by atoms with van der Waals surface area (Å²) in [6.07, 6.45) is 0. The van der Waals surface area contributed by atoms with Crippen molar-refractivity contribution in [3.05, 3.63) is 29.8 Å². The highest BCUT2D eigenvalue weighted by molar-refractivity contribution is 5.79. The first-order valence-electron chi connectivity index (χ1n) is 9.52. The van der Waals surface area contributed by atoms with Crippen LogP contribution in [0.5, 0.6) is 5.75 Å². The molecule has 1 aliphatic heterocycles. The van der Waals surface area contributed by atoms with E-state index >= 15 is 0 Å². The van der Waals surface area contributed by atoms with Gasteiger partial charge < -0.3 is 25.2 Å². The summed E-state index contributed by atoms with van der Waals surface area (Å²) in [6.45, 7) is 8.61. The highest BCUT2D eigenvalue weighted by Gasteiger charge is 2.25. The van der Waals surface area contributed by atoms with Gasteiger partial charge in [-0.3, -0.25) is 9.89 Å². The third-order valence-electron chi connectivity index (χ3n) is 4.14. The molecular weight excluding hydrogens is 370 g/mol. The van der Waals surface area contributed by atoms with E-state index in [-0.39, 0.29) is 18.9 Å². The first-order valence-corrected chi connectivity index (χ1v) is 9.52. The molecular formula is C19H30F2N4O3. The van der Waals surface area contributed by atoms with E-state index in [1.807, 2.05) is 6.92 Å². The van der Waals surface area contributed by atoms with Crippen LogP contribution in [0.2, 0.25) is 0 Å². The van der Waals surface area contributed by atoms with Crippen molar-refractivity contribution in [1.82, 2.24) is 15.5 Å². The van der Waals surface area contributed by atoms with Crippen LogP contribution in [0.4, 0.5) is 8.78 Å². The molecule has 158 valence electrons. The van der Waals surface area contributed by atoms with E-state index in [2.05, 4.69) is 20.5 Å². The van der Waals surface area contributed by atoms with Gasteiger partial charge in [0.05, 0.1) is 31.9 Å². The molecule has 1 saturated heterocycles. The fourth-order valence-corrected chi connectivity index (χ4v) is 2.80. The van der Waals surface area contributed by atoms with Crippen LogP contribution in [0, 0.1) is 11.6 Å². The van der Waals surface area contributed by atoms with Crippen LogP contribution in [0.1, 0.15) is 13.8 Å². The fraction of sp³-hybridized carbons (Fsp3) is 0.632. The van der Waals surface area contributed by atoms with Crippen molar-refractivity contribution in [2.24, 2.45) is 4.99 Å². The van der Waals surface area contributed by atoms with Crippen molar-refractivity contribution in [3.63, 3.8) is 0 Å². The van der Waals surface area contributed by atoms with Crippen molar-refractivity contribution in [2.45, 2.75) is 19.4 Å². The Morgan fingerprint density at radius 1 is 1.32 bits per heavy atom. The number of benzene rings is 1. The van der Waals surface area contributed by atoms with Gasteiger partial charge in [0.15, 0.2) is 17.5 Å². The van der Waals surface area contributed by atoms with Crippen LogP contribution < -0.4 is 15.4 Å². The second kappa shape index (κ2) is 11.1. The molecule has 0 bridgehead atoms. The maximum absolute atomic E-state index is 13.5. The topological polar surface area (TPSA) is 78.4 Å². The Morgan fingerprint density at radius 2 is 2.07 bits per heavy atom. The smallest absolute Gasteiger partial charge is 0.191 e. The number of β-amino-alcohol motifs (C(OH)–C–C–N with tert-alkyl or cyclic N) is 1. The monoisotopic (exact) mass is 400 g/mol. The van der Waals surface area contributed by atoms with E-state index in [0.717, 1.165) is 25.2 Å². The first-order chi connectivity index (χ1) is 13.4. The quantitative estimate of drug-likeness (QED) is 0.326. The maximum Gasteiger partial charge on any atom is 0.191 e. The zero-order valence-corrected chi connectivity index (χ0v) is 16.5. The Bertz CT molecular complexity index is 638. The lowest BCUT2D eigenvalue weighted by atomic mass is 10.1. The maximum atomic E-state index is 13.5. The molecule has 0 amide bonds. The largest absolute Gasteiger partial charge is 0.489 e. The molecule has 1 fully saturated rings. The summed E-state index contributed by atoms with van der Waals surface area (Å²) in [4.78, 5) is 6.59. The van der Waals surface area contributed by atoms with Crippen LogP contribution in [0.15, 0.2) is 23.2 Å². The predicted molar refractivity (Wildman–Crippen MR) is 104 cm³/mol.